The Morgan fingerprint density at radius 2 is 2.00 bits per heavy atom. The van der Waals surface area contributed by atoms with Gasteiger partial charge in [0, 0.05) is 17.2 Å². The number of benzene rings is 1. The first-order valence-corrected chi connectivity index (χ1v) is 8.82. The van der Waals surface area contributed by atoms with Gasteiger partial charge in [-0.1, -0.05) is 0 Å². The lowest BCUT2D eigenvalue weighted by atomic mass is 10.2. The smallest absolute Gasteiger partial charge is 0.257 e. The van der Waals surface area contributed by atoms with Gasteiger partial charge in [-0.25, -0.2) is 13.4 Å². The molecular weight excluding hydrogens is 320 g/mol. The van der Waals surface area contributed by atoms with Crippen LogP contribution in [0.2, 0.25) is 0 Å². The molecule has 0 radical (unpaired) electrons. The minimum atomic E-state index is -3.26. The molecule has 5 nitrogen and oxygen atoms in total. The van der Waals surface area contributed by atoms with E-state index in [4.69, 9.17) is 11.6 Å². The summed E-state index contributed by atoms with van der Waals surface area (Å²) in [6.07, 6.45) is 1.12. The molecule has 1 aromatic heterocycles. The molecular formula is C12H11ClN2O3S2. The largest absolute Gasteiger partial charge is 0.298 e. The summed E-state index contributed by atoms with van der Waals surface area (Å²) >= 11 is 6.91. The molecule has 0 aliphatic heterocycles. The first-order valence-electron chi connectivity index (χ1n) is 5.52. The molecule has 1 amide bonds. The van der Waals surface area contributed by atoms with Gasteiger partial charge in [-0.3, -0.25) is 10.1 Å². The van der Waals surface area contributed by atoms with Crippen LogP contribution in [0.15, 0.2) is 34.5 Å². The third kappa shape index (κ3) is 3.56. The fourth-order valence-electron chi connectivity index (χ4n) is 1.45. The first kappa shape index (κ1) is 15.0. The van der Waals surface area contributed by atoms with Gasteiger partial charge in [0.1, 0.15) is 0 Å². The highest BCUT2D eigenvalue weighted by Crippen LogP contribution is 2.18. The fraction of sp³-hybridized carbons (Fsp3) is 0.167. The summed E-state index contributed by atoms with van der Waals surface area (Å²) in [7, 11) is -3.26. The van der Waals surface area contributed by atoms with Crippen LogP contribution in [0, 0.1) is 0 Å². The average Bonchev–Trinajstić information content (AvgIpc) is 2.85. The molecule has 0 saturated heterocycles. The van der Waals surface area contributed by atoms with Crippen molar-refractivity contribution in [1.29, 1.82) is 0 Å². The van der Waals surface area contributed by atoms with E-state index in [-0.39, 0.29) is 16.7 Å². The molecule has 0 aliphatic carbocycles. The van der Waals surface area contributed by atoms with Crippen LogP contribution >= 0.6 is 22.9 Å². The van der Waals surface area contributed by atoms with Crippen LogP contribution in [-0.4, -0.2) is 25.6 Å². The summed E-state index contributed by atoms with van der Waals surface area (Å²) < 4.78 is 22.6. The molecule has 0 bridgehead atoms. The molecule has 0 unspecified atom stereocenters. The standard InChI is InChI=1S/C12H11ClN2O3S2/c1-20(17,18)10-4-2-8(3-5-10)11(16)15-12-14-9(6-13)7-19-12/h2-5,7H,6H2,1H3,(H,14,15,16). The van der Waals surface area contributed by atoms with Crippen molar-refractivity contribution in [3.63, 3.8) is 0 Å². The topological polar surface area (TPSA) is 76.1 Å². The zero-order valence-electron chi connectivity index (χ0n) is 10.5. The molecule has 20 heavy (non-hydrogen) atoms. The fourth-order valence-corrected chi connectivity index (χ4v) is 3.01. The summed E-state index contributed by atoms with van der Waals surface area (Å²) in [5, 5.41) is 4.85. The minimum Gasteiger partial charge on any atom is -0.298 e. The molecule has 2 rings (SSSR count). The Labute approximate surface area is 125 Å². The van der Waals surface area contributed by atoms with Gasteiger partial charge >= 0.3 is 0 Å². The lowest BCUT2D eigenvalue weighted by Gasteiger charge is -2.03. The SMILES string of the molecule is CS(=O)(=O)c1ccc(C(=O)Nc2nc(CCl)cs2)cc1. The maximum atomic E-state index is 11.9. The number of rotatable bonds is 4. The Kier molecular flexibility index (Phi) is 4.42. The summed E-state index contributed by atoms with van der Waals surface area (Å²) in [6, 6.07) is 5.72. The lowest BCUT2D eigenvalue weighted by molar-refractivity contribution is 0.102. The van der Waals surface area contributed by atoms with E-state index >= 15 is 0 Å². The number of aromatic nitrogens is 1. The molecule has 0 atom stereocenters. The van der Waals surface area contributed by atoms with Crippen LogP contribution in [0.1, 0.15) is 16.1 Å². The van der Waals surface area contributed by atoms with E-state index < -0.39 is 9.84 Å². The number of thiazole rings is 1. The number of sulfone groups is 1. The molecule has 0 aliphatic rings. The second kappa shape index (κ2) is 5.90. The van der Waals surface area contributed by atoms with Gasteiger partial charge in [0.15, 0.2) is 15.0 Å². The van der Waals surface area contributed by atoms with Crippen molar-refractivity contribution in [2.24, 2.45) is 0 Å². The zero-order chi connectivity index (χ0) is 14.8. The van der Waals surface area contributed by atoms with Gasteiger partial charge in [0.2, 0.25) is 0 Å². The number of amides is 1. The summed E-state index contributed by atoms with van der Waals surface area (Å²) in [5.41, 5.74) is 1.06. The molecule has 1 N–H and O–H groups in total. The van der Waals surface area contributed by atoms with E-state index in [0.29, 0.717) is 16.4 Å². The monoisotopic (exact) mass is 330 g/mol. The second-order valence-electron chi connectivity index (χ2n) is 4.03. The van der Waals surface area contributed by atoms with E-state index in [1.807, 2.05) is 0 Å². The first-order chi connectivity index (χ1) is 9.40. The molecule has 0 fully saturated rings. The highest BCUT2D eigenvalue weighted by molar-refractivity contribution is 7.90. The number of anilines is 1. The van der Waals surface area contributed by atoms with Gasteiger partial charge < -0.3 is 0 Å². The second-order valence-corrected chi connectivity index (χ2v) is 7.17. The quantitative estimate of drug-likeness (QED) is 0.874. The molecule has 2 aromatic rings. The van der Waals surface area contributed by atoms with Crippen molar-refractivity contribution >= 4 is 43.8 Å². The van der Waals surface area contributed by atoms with Gasteiger partial charge in [-0.05, 0) is 24.3 Å². The number of nitrogens with zero attached hydrogens (tertiary/aromatic N) is 1. The number of carbonyl (C=O) groups excluding carboxylic acids is 1. The van der Waals surface area contributed by atoms with Crippen molar-refractivity contribution in [2.75, 3.05) is 11.6 Å². The third-order valence-corrected chi connectivity index (χ3v) is 4.66. The van der Waals surface area contributed by atoms with Crippen LogP contribution in [-0.2, 0) is 15.7 Å². The van der Waals surface area contributed by atoms with Gasteiger partial charge in [-0.15, -0.1) is 22.9 Å². The van der Waals surface area contributed by atoms with Crippen LogP contribution in [0.5, 0.6) is 0 Å². The highest BCUT2D eigenvalue weighted by Gasteiger charge is 2.11. The van der Waals surface area contributed by atoms with Crippen LogP contribution < -0.4 is 5.32 Å². The van der Waals surface area contributed by atoms with Crippen molar-refractivity contribution in [3.05, 3.63) is 40.9 Å². The Bertz CT molecular complexity index is 723. The van der Waals surface area contributed by atoms with E-state index in [1.165, 1.54) is 35.6 Å². The number of hydrogen-bond acceptors (Lipinski definition) is 5. The van der Waals surface area contributed by atoms with E-state index in [0.717, 1.165) is 6.26 Å². The molecule has 106 valence electrons. The average molecular weight is 331 g/mol. The van der Waals surface area contributed by atoms with Gasteiger partial charge in [0.05, 0.1) is 16.5 Å². The van der Waals surface area contributed by atoms with Crippen LogP contribution in [0.25, 0.3) is 0 Å². The zero-order valence-corrected chi connectivity index (χ0v) is 12.8. The van der Waals surface area contributed by atoms with E-state index in [1.54, 1.807) is 5.38 Å². The van der Waals surface area contributed by atoms with Gasteiger partial charge in [0.25, 0.3) is 5.91 Å². The number of alkyl halides is 1. The molecule has 1 aromatic carbocycles. The molecule has 8 heteroatoms. The number of carbonyl (C=O) groups is 1. The van der Waals surface area contributed by atoms with Crippen molar-refractivity contribution in [3.8, 4) is 0 Å². The van der Waals surface area contributed by atoms with Crippen molar-refractivity contribution in [2.45, 2.75) is 10.8 Å². The lowest BCUT2D eigenvalue weighted by Crippen LogP contribution is -2.12. The maximum Gasteiger partial charge on any atom is 0.257 e. The normalized spacial score (nSPS) is 11.3. The third-order valence-electron chi connectivity index (χ3n) is 2.45. The Morgan fingerprint density at radius 1 is 1.35 bits per heavy atom. The summed E-state index contributed by atoms with van der Waals surface area (Å²) in [4.78, 5) is 16.2. The van der Waals surface area contributed by atoms with Crippen molar-refractivity contribution in [1.82, 2.24) is 4.98 Å². The predicted molar refractivity (Wildman–Crippen MR) is 79.2 cm³/mol. The molecule has 0 saturated carbocycles. The summed E-state index contributed by atoms with van der Waals surface area (Å²) in [6.45, 7) is 0. The Hall–Kier alpha value is -1.44. The van der Waals surface area contributed by atoms with E-state index in [2.05, 4.69) is 10.3 Å². The van der Waals surface area contributed by atoms with E-state index in [9.17, 15) is 13.2 Å². The van der Waals surface area contributed by atoms with Crippen molar-refractivity contribution < 1.29 is 13.2 Å². The maximum absolute atomic E-state index is 11.9. The van der Waals surface area contributed by atoms with Crippen LogP contribution in [0.4, 0.5) is 5.13 Å². The number of hydrogen-bond donors (Lipinski definition) is 1. The number of halogens is 1. The molecule has 0 spiro atoms. The summed E-state index contributed by atoms with van der Waals surface area (Å²) in [5.74, 6) is -0.0596. The number of nitrogens with one attached hydrogen (secondary N) is 1. The Morgan fingerprint density at radius 3 is 2.50 bits per heavy atom. The minimum absolute atomic E-state index is 0.174. The van der Waals surface area contributed by atoms with Gasteiger partial charge in [-0.2, -0.15) is 0 Å². The predicted octanol–water partition coefficient (Wildman–Crippen LogP) is 2.54. The highest BCUT2D eigenvalue weighted by atomic mass is 35.5. The van der Waals surface area contributed by atoms with Crippen LogP contribution in [0.3, 0.4) is 0 Å². The molecule has 1 heterocycles. The Balaban J connectivity index is 2.13.